The van der Waals surface area contributed by atoms with Gasteiger partial charge in [-0.2, -0.15) is 0 Å². The van der Waals surface area contributed by atoms with E-state index in [9.17, 15) is 24.3 Å². The molecular weight excluding hydrogens is 566 g/mol. The van der Waals surface area contributed by atoms with Gasteiger partial charge in [-0.15, -0.1) is 17.4 Å². The van der Waals surface area contributed by atoms with Crippen molar-refractivity contribution < 1.29 is 33.5 Å². The van der Waals surface area contributed by atoms with E-state index in [2.05, 4.69) is 21.5 Å². The molecule has 1 heterocycles. The minimum absolute atomic E-state index is 0.0283. The summed E-state index contributed by atoms with van der Waals surface area (Å²) < 4.78 is 7.61. The third-order valence-electron chi connectivity index (χ3n) is 6.87. The number of rotatable bonds is 24. The number of aryl methyl sites for hydroxylation is 2. The van der Waals surface area contributed by atoms with Crippen LogP contribution in [0.15, 0.2) is 6.20 Å². The number of aliphatic hydroxyl groups is 1. The normalized spacial score (nSPS) is 11.1. The van der Waals surface area contributed by atoms with E-state index in [1.165, 1.54) is 0 Å². The summed E-state index contributed by atoms with van der Waals surface area (Å²) in [6.07, 6.45) is 11.6. The van der Waals surface area contributed by atoms with Gasteiger partial charge in [-0.25, -0.2) is 0 Å². The van der Waals surface area contributed by atoms with Gasteiger partial charge < -0.3 is 29.4 Å². The summed E-state index contributed by atoms with van der Waals surface area (Å²) in [6.45, 7) is 5.25. The van der Waals surface area contributed by atoms with E-state index < -0.39 is 0 Å². The van der Waals surface area contributed by atoms with Crippen LogP contribution in [0.25, 0.3) is 0 Å². The SMILES string of the molecule is C#CCCCC(=O)N(CCCO)CCN(CCCNC(=O)CC)C(=O)CCCc1cn(CCC(=O)OCC[N+](C)(C)C)nn1. The topological polar surface area (TPSA) is 147 Å². The molecule has 1 aromatic heterocycles. The molecule has 13 heteroatoms. The number of esters is 1. The van der Waals surface area contributed by atoms with Crippen molar-refractivity contribution in [1.29, 1.82) is 0 Å². The van der Waals surface area contributed by atoms with Gasteiger partial charge in [0.25, 0.3) is 0 Å². The van der Waals surface area contributed by atoms with Crippen LogP contribution in [0.4, 0.5) is 0 Å². The van der Waals surface area contributed by atoms with Gasteiger partial charge in [-0.3, -0.25) is 23.9 Å². The Morgan fingerprint density at radius 3 is 2.27 bits per heavy atom. The number of likely N-dealkylation sites (N-methyl/N-ethyl adjacent to an activating group) is 1. The number of aromatic nitrogens is 3. The van der Waals surface area contributed by atoms with Gasteiger partial charge in [0.15, 0.2) is 0 Å². The number of terminal acetylenes is 1. The van der Waals surface area contributed by atoms with Gasteiger partial charge in [0.05, 0.1) is 39.8 Å². The third kappa shape index (κ3) is 18.2. The lowest BCUT2D eigenvalue weighted by atomic mass is 10.1. The van der Waals surface area contributed by atoms with E-state index >= 15 is 0 Å². The van der Waals surface area contributed by atoms with E-state index in [1.54, 1.807) is 27.6 Å². The Balaban J connectivity index is 2.64. The third-order valence-corrected chi connectivity index (χ3v) is 6.87. The van der Waals surface area contributed by atoms with Crippen molar-refractivity contribution in [2.75, 3.05) is 73.6 Å². The highest BCUT2D eigenvalue weighted by Crippen LogP contribution is 2.08. The summed E-state index contributed by atoms with van der Waals surface area (Å²) in [6, 6.07) is 0. The van der Waals surface area contributed by atoms with Crippen molar-refractivity contribution in [2.45, 2.75) is 77.7 Å². The van der Waals surface area contributed by atoms with Gasteiger partial charge >= 0.3 is 5.97 Å². The molecule has 0 saturated carbocycles. The summed E-state index contributed by atoms with van der Waals surface area (Å²) in [5, 5.41) is 20.4. The Morgan fingerprint density at radius 1 is 1.00 bits per heavy atom. The minimum atomic E-state index is -0.278. The summed E-state index contributed by atoms with van der Waals surface area (Å²) in [4.78, 5) is 53.0. The second kappa shape index (κ2) is 22.1. The van der Waals surface area contributed by atoms with Gasteiger partial charge in [0.2, 0.25) is 17.7 Å². The van der Waals surface area contributed by atoms with Crippen LogP contribution in [0.3, 0.4) is 0 Å². The predicted molar refractivity (Wildman–Crippen MR) is 167 cm³/mol. The number of quaternary nitrogens is 1. The van der Waals surface area contributed by atoms with Crippen LogP contribution in [-0.4, -0.2) is 132 Å². The first kappa shape index (κ1) is 38.5. The van der Waals surface area contributed by atoms with Crippen LogP contribution in [0.5, 0.6) is 0 Å². The number of unbranched alkanes of at least 4 members (excludes halogenated alkanes) is 1. The van der Waals surface area contributed by atoms with Crippen LogP contribution in [0.1, 0.15) is 70.4 Å². The molecule has 13 nitrogen and oxygen atoms in total. The molecule has 0 spiro atoms. The fourth-order valence-electron chi connectivity index (χ4n) is 4.20. The van der Waals surface area contributed by atoms with Crippen molar-refractivity contribution in [3.8, 4) is 12.3 Å². The highest BCUT2D eigenvalue weighted by atomic mass is 16.5. The minimum Gasteiger partial charge on any atom is -0.460 e. The Bertz CT molecular complexity index is 1050. The van der Waals surface area contributed by atoms with Gasteiger partial charge in [0.1, 0.15) is 13.2 Å². The molecule has 248 valence electrons. The number of amides is 3. The lowest BCUT2D eigenvalue weighted by Crippen LogP contribution is -2.42. The maximum absolute atomic E-state index is 13.2. The Morgan fingerprint density at radius 2 is 1.66 bits per heavy atom. The number of nitrogens with zero attached hydrogens (tertiary/aromatic N) is 6. The molecule has 0 fully saturated rings. The van der Waals surface area contributed by atoms with Crippen molar-refractivity contribution in [3.05, 3.63) is 11.9 Å². The molecule has 0 aliphatic heterocycles. The quantitative estimate of drug-likeness (QED) is 0.0753. The van der Waals surface area contributed by atoms with Gasteiger partial charge in [-0.1, -0.05) is 12.1 Å². The van der Waals surface area contributed by atoms with Gasteiger partial charge in [0, 0.05) is 71.2 Å². The van der Waals surface area contributed by atoms with Crippen LogP contribution in [0, 0.1) is 12.3 Å². The van der Waals surface area contributed by atoms with E-state index in [0.29, 0.717) is 108 Å². The fraction of sp³-hybridized carbons (Fsp3) is 0.742. The van der Waals surface area contributed by atoms with Crippen molar-refractivity contribution >= 4 is 23.7 Å². The zero-order chi connectivity index (χ0) is 32.8. The lowest BCUT2D eigenvalue weighted by Gasteiger charge is -2.28. The average Bonchev–Trinajstić information content (AvgIpc) is 3.43. The van der Waals surface area contributed by atoms with Gasteiger partial charge in [-0.05, 0) is 32.1 Å². The molecule has 0 saturated heterocycles. The molecule has 0 aromatic carbocycles. The largest absolute Gasteiger partial charge is 0.460 e. The number of aliphatic hydroxyl groups excluding tert-OH is 1. The van der Waals surface area contributed by atoms with Crippen LogP contribution < -0.4 is 5.32 Å². The monoisotopic (exact) mass is 620 g/mol. The first-order valence-corrected chi connectivity index (χ1v) is 15.7. The molecule has 0 atom stereocenters. The summed E-state index contributed by atoms with van der Waals surface area (Å²) in [5.74, 6) is 2.13. The summed E-state index contributed by atoms with van der Waals surface area (Å²) in [5.41, 5.74) is 0.734. The van der Waals surface area contributed by atoms with Crippen molar-refractivity contribution in [2.24, 2.45) is 0 Å². The number of hydrogen-bond donors (Lipinski definition) is 2. The molecule has 0 aliphatic carbocycles. The molecule has 0 unspecified atom stereocenters. The zero-order valence-electron chi connectivity index (χ0n) is 27.3. The number of hydrogen-bond acceptors (Lipinski definition) is 8. The number of ether oxygens (including phenoxy) is 1. The Hall–Kier alpha value is -3.50. The first-order chi connectivity index (χ1) is 21.0. The molecule has 3 amide bonds. The lowest BCUT2D eigenvalue weighted by molar-refractivity contribution is -0.870. The maximum atomic E-state index is 13.2. The zero-order valence-corrected chi connectivity index (χ0v) is 27.3. The Labute approximate surface area is 262 Å². The summed E-state index contributed by atoms with van der Waals surface area (Å²) >= 11 is 0. The Kier molecular flexibility index (Phi) is 19.3. The molecule has 1 rings (SSSR count). The van der Waals surface area contributed by atoms with Crippen LogP contribution >= 0.6 is 0 Å². The van der Waals surface area contributed by atoms with E-state index in [-0.39, 0.29) is 36.7 Å². The van der Waals surface area contributed by atoms with E-state index in [1.807, 2.05) is 21.1 Å². The molecule has 1 aromatic rings. The first-order valence-electron chi connectivity index (χ1n) is 15.7. The number of nitrogens with one attached hydrogen (secondary N) is 1. The number of carbonyl (C=O) groups excluding carboxylic acids is 4. The van der Waals surface area contributed by atoms with E-state index in [4.69, 9.17) is 11.2 Å². The molecular formula is C31H54N7O6+. The molecule has 44 heavy (non-hydrogen) atoms. The average molecular weight is 621 g/mol. The second-order valence-corrected chi connectivity index (χ2v) is 11.8. The summed E-state index contributed by atoms with van der Waals surface area (Å²) in [7, 11) is 6.10. The van der Waals surface area contributed by atoms with E-state index in [0.717, 1.165) is 12.2 Å². The molecule has 2 N–H and O–H groups in total. The molecule has 0 bridgehead atoms. The smallest absolute Gasteiger partial charge is 0.307 e. The maximum Gasteiger partial charge on any atom is 0.307 e. The standard InChI is InChI=1S/C31H53N7O6/c1-6-8-9-14-29(41)36(19-12-24-39)22-21-35(18-11-17-32-28(40)7-2)30(42)15-10-13-27-26-37(34-33-27)20-16-31(43)44-25-23-38(3,4)5/h1,26,39H,7-25H2,2-5H3/p+1. The molecule has 0 radical (unpaired) electrons. The molecule has 0 aliphatic rings. The number of carbonyl (C=O) groups is 4. The van der Waals surface area contributed by atoms with Crippen molar-refractivity contribution in [3.63, 3.8) is 0 Å². The fourth-order valence-corrected chi connectivity index (χ4v) is 4.20. The predicted octanol–water partition coefficient (Wildman–Crippen LogP) is 1.000. The van der Waals surface area contributed by atoms with Crippen LogP contribution in [0.2, 0.25) is 0 Å². The van der Waals surface area contributed by atoms with Crippen LogP contribution in [-0.2, 0) is 36.9 Å². The highest BCUT2D eigenvalue weighted by Gasteiger charge is 2.18. The second-order valence-electron chi connectivity index (χ2n) is 11.8. The highest BCUT2D eigenvalue weighted by molar-refractivity contribution is 5.77. The van der Waals surface area contributed by atoms with Crippen molar-refractivity contribution in [1.82, 2.24) is 30.1 Å².